The van der Waals surface area contributed by atoms with Gasteiger partial charge in [-0.2, -0.15) is 0 Å². The summed E-state index contributed by atoms with van der Waals surface area (Å²) < 4.78 is 5.64. The van der Waals surface area contributed by atoms with E-state index in [1.165, 1.54) is 0 Å². The van der Waals surface area contributed by atoms with Gasteiger partial charge in [-0.25, -0.2) is 4.79 Å². The van der Waals surface area contributed by atoms with E-state index in [4.69, 9.17) is 9.84 Å². The standard InChI is InChI=1S/C20H23NO4/c1-15-5-3-6-18(13-15)25-12-4-7-19(22)21(2)14-16-8-10-17(11-9-16)20(23)24/h3,5-6,8-11,13H,4,7,12,14H2,1-2H3,(H,23,24). The van der Waals surface area contributed by atoms with Crippen molar-refractivity contribution in [3.63, 3.8) is 0 Å². The lowest BCUT2D eigenvalue weighted by Gasteiger charge is -2.17. The number of aromatic carboxylic acids is 1. The smallest absolute Gasteiger partial charge is 0.335 e. The Balaban J connectivity index is 1.73. The van der Waals surface area contributed by atoms with E-state index in [1.54, 1.807) is 36.2 Å². The third kappa shape index (κ3) is 5.95. The Bertz CT molecular complexity index is 725. The maximum Gasteiger partial charge on any atom is 0.335 e. The zero-order valence-corrected chi connectivity index (χ0v) is 14.6. The lowest BCUT2D eigenvalue weighted by molar-refractivity contribution is -0.130. The lowest BCUT2D eigenvalue weighted by atomic mass is 10.1. The number of nitrogens with zero attached hydrogens (tertiary/aromatic N) is 1. The Morgan fingerprint density at radius 2 is 1.84 bits per heavy atom. The first-order chi connectivity index (χ1) is 12.0. The minimum atomic E-state index is -0.954. The highest BCUT2D eigenvalue weighted by Crippen LogP contribution is 2.13. The SMILES string of the molecule is Cc1cccc(OCCCC(=O)N(C)Cc2ccc(C(=O)O)cc2)c1. The molecule has 0 aromatic heterocycles. The van der Waals surface area contributed by atoms with Crippen LogP contribution in [0.3, 0.4) is 0 Å². The van der Waals surface area contributed by atoms with Crippen molar-refractivity contribution in [1.29, 1.82) is 0 Å². The zero-order valence-electron chi connectivity index (χ0n) is 14.6. The molecule has 5 heteroatoms. The average Bonchev–Trinajstić information content (AvgIpc) is 2.59. The highest BCUT2D eigenvalue weighted by atomic mass is 16.5. The summed E-state index contributed by atoms with van der Waals surface area (Å²) in [6, 6.07) is 14.4. The molecule has 0 spiro atoms. The van der Waals surface area contributed by atoms with Crippen LogP contribution >= 0.6 is 0 Å². The summed E-state index contributed by atoms with van der Waals surface area (Å²) in [7, 11) is 1.74. The van der Waals surface area contributed by atoms with Crippen molar-refractivity contribution in [1.82, 2.24) is 4.90 Å². The Labute approximate surface area is 147 Å². The number of hydrogen-bond donors (Lipinski definition) is 1. The zero-order chi connectivity index (χ0) is 18.2. The van der Waals surface area contributed by atoms with Gasteiger partial charge < -0.3 is 14.7 Å². The monoisotopic (exact) mass is 341 g/mol. The van der Waals surface area contributed by atoms with Crippen LogP contribution in [0.5, 0.6) is 5.75 Å². The van der Waals surface area contributed by atoms with E-state index in [0.717, 1.165) is 16.9 Å². The molecule has 0 fully saturated rings. The molecule has 0 aliphatic heterocycles. The first-order valence-electron chi connectivity index (χ1n) is 8.21. The van der Waals surface area contributed by atoms with Gasteiger partial charge in [-0.1, -0.05) is 24.3 Å². The van der Waals surface area contributed by atoms with Gasteiger partial charge in [0.2, 0.25) is 5.91 Å². The Morgan fingerprint density at radius 1 is 1.12 bits per heavy atom. The molecule has 0 saturated carbocycles. The molecule has 0 aliphatic rings. The number of rotatable bonds is 8. The normalized spacial score (nSPS) is 10.3. The van der Waals surface area contributed by atoms with Crippen molar-refractivity contribution < 1.29 is 19.4 Å². The molecule has 1 amide bonds. The van der Waals surface area contributed by atoms with Gasteiger partial charge in [0.05, 0.1) is 12.2 Å². The number of amides is 1. The molecule has 1 N–H and O–H groups in total. The van der Waals surface area contributed by atoms with Crippen LogP contribution in [0.4, 0.5) is 0 Å². The van der Waals surface area contributed by atoms with Gasteiger partial charge in [-0.15, -0.1) is 0 Å². The van der Waals surface area contributed by atoms with Crippen LogP contribution in [0, 0.1) is 6.92 Å². The fourth-order valence-electron chi connectivity index (χ4n) is 2.42. The van der Waals surface area contributed by atoms with E-state index < -0.39 is 5.97 Å². The molecule has 2 aromatic rings. The van der Waals surface area contributed by atoms with E-state index in [2.05, 4.69) is 0 Å². The highest BCUT2D eigenvalue weighted by molar-refractivity contribution is 5.87. The van der Waals surface area contributed by atoms with Gasteiger partial charge >= 0.3 is 5.97 Å². The largest absolute Gasteiger partial charge is 0.494 e. The molecular formula is C20H23NO4. The van der Waals surface area contributed by atoms with E-state index in [1.807, 2.05) is 31.2 Å². The summed E-state index contributed by atoms with van der Waals surface area (Å²) in [6.45, 7) is 2.96. The van der Waals surface area contributed by atoms with Crippen molar-refractivity contribution in [2.45, 2.75) is 26.3 Å². The highest BCUT2D eigenvalue weighted by Gasteiger charge is 2.10. The van der Waals surface area contributed by atoms with E-state index in [-0.39, 0.29) is 11.5 Å². The Kier molecular flexibility index (Phi) is 6.57. The van der Waals surface area contributed by atoms with Gasteiger partial charge in [-0.3, -0.25) is 4.79 Å². The molecule has 132 valence electrons. The average molecular weight is 341 g/mol. The maximum absolute atomic E-state index is 12.2. The topological polar surface area (TPSA) is 66.8 Å². The molecule has 0 unspecified atom stereocenters. The summed E-state index contributed by atoms with van der Waals surface area (Å²) in [6.07, 6.45) is 1.06. The third-order valence-corrected chi connectivity index (χ3v) is 3.84. The number of aryl methyl sites for hydroxylation is 1. The minimum absolute atomic E-state index is 0.0372. The molecule has 0 aliphatic carbocycles. The maximum atomic E-state index is 12.2. The second kappa shape index (κ2) is 8.87. The second-order valence-corrected chi connectivity index (χ2v) is 6.02. The van der Waals surface area contributed by atoms with Crippen molar-refractivity contribution in [3.05, 3.63) is 65.2 Å². The fourth-order valence-corrected chi connectivity index (χ4v) is 2.42. The number of benzene rings is 2. The van der Waals surface area contributed by atoms with Crippen LogP contribution in [0.25, 0.3) is 0 Å². The summed E-state index contributed by atoms with van der Waals surface area (Å²) in [5.41, 5.74) is 2.28. The van der Waals surface area contributed by atoms with Crippen molar-refractivity contribution in [2.24, 2.45) is 0 Å². The molecule has 0 heterocycles. The van der Waals surface area contributed by atoms with Gasteiger partial charge in [0.15, 0.2) is 0 Å². The first-order valence-corrected chi connectivity index (χ1v) is 8.21. The molecule has 2 rings (SSSR count). The Morgan fingerprint density at radius 3 is 2.48 bits per heavy atom. The molecule has 0 saturated heterocycles. The number of carbonyl (C=O) groups excluding carboxylic acids is 1. The van der Waals surface area contributed by atoms with Crippen LogP contribution in [-0.4, -0.2) is 35.5 Å². The van der Waals surface area contributed by atoms with Gasteiger partial charge in [0.25, 0.3) is 0 Å². The number of carboxylic acid groups (broad SMARTS) is 1. The third-order valence-electron chi connectivity index (χ3n) is 3.84. The minimum Gasteiger partial charge on any atom is -0.494 e. The first kappa shape index (κ1) is 18.5. The van der Waals surface area contributed by atoms with Crippen molar-refractivity contribution in [2.75, 3.05) is 13.7 Å². The second-order valence-electron chi connectivity index (χ2n) is 6.02. The van der Waals surface area contributed by atoms with E-state index in [0.29, 0.717) is 26.0 Å². The van der Waals surface area contributed by atoms with Crippen LogP contribution in [-0.2, 0) is 11.3 Å². The molecule has 25 heavy (non-hydrogen) atoms. The van der Waals surface area contributed by atoms with Gasteiger partial charge in [-0.05, 0) is 48.7 Å². The summed E-state index contributed by atoms with van der Waals surface area (Å²) in [5.74, 6) is -0.0981. The van der Waals surface area contributed by atoms with Crippen LogP contribution in [0.2, 0.25) is 0 Å². The molecular weight excluding hydrogens is 318 g/mol. The molecule has 0 atom stereocenters. The number of hydrogen-bond acceptors (Lipinski definition) is 3. The van der Waals surface area contributed by atoms with Crippen LogP contribution in [0.15, 0.2) is 48.5 Å². The summed E-state index contributed by atoms with van der Waals surface area (Å²) in [4.78, 5) is 24.6. The molecule has 2 aromatic carbocycles. The number of carbonyl (C=O) groups is 2. The summed E-state index contributed by atoms with van der Waals surface area (Å²) in [5, 5.41) is 8.89. The lowest BCUT2D eigenvalue weighted by Crippen LogP contribution is -2.26. The van der Waals surface area contributed by atoms with Crippen LogP contribution in [0.1, 0.15) is 34.3 Å². The predicted molar refractivity (Wildman–Crippen MR) is 95.8 cm³/mol. The molecule has 0 radical (unpaired) electrons. The van der Waals surface area contributed by atoms with Crippen molar-refractivity contribution >= 4 is 11.9 Å². The number of carboxylic acids is 1. The van der Waals surface area contributed by atoms with Gasteiger partial charge in [0.1, 0.15) is 5.75 Å². The predicted octanol–water partition coefficient (Wildman–Crippen LogP) is 3.51. The molecule has 0 bridgehead atoms. The van der Waals surface area contributed by atoms with Crippen LogP contribution < -0.4 is 4.74 Å². The van der Waals surface area contributed by atoms with Gasteiger partial charge in [0, 0.05) is 20.0 Å². The Hall–Kier alpha value is -2.82. The quantitative estimate of drug-likeness (QED) is 0.746. The molecule has 5 nitrogen and oxygen atoms in total. The summed E-state index contributed by atoms with van der Waals surface area (Å²) >= 11 is 0. The fraction of sp³-hybridized carbons (Fsp3) is 0.300. The van der Waals surface area contributed by atoms with E-state index in [9.17, 15) is 9.59 Å². The van der Waals surface area contributed by atoms with Crippen molar-refractivity contribution in [3.8, 4) is 5.75 Å². The number of ether oxygens (including phenoxy) is 1. The van der Waals surface area contributed by atoms with E-state index >= 15 is 0 Å².